The first-order chi connectivity index (χ1) is 11.6. The van der Waals surface area contributed by atoms with Crippen molar-refractivity contribution in [2.24, 2.45) is 0 Å². The number of amides is 1. The average molecular weight is 375 g/mol. The predicted octanol–water partition coefficient (Wildman–Crippen LogP) is 1.11. The normalized spacial score (nSPS) is 12.8. The SMILES string of the molecule is Cc1noc(C)c1S(=O)(=O)NC(C)C(=O)NCCCCCCC(=O)O. The first-order valence-corrected chi connectivity index (χ1v) is 9.58. The fourth-order valence-electron chi connectivity index (χ4n) is 2.32. The Morgan fingerprint density at radius 3 is 2.40 bits per heavy atom. The van der Waals surface area contributed by atoms with Gasteiger partial charge in [-0.15, -0.1) is 0 Å². The molecule has 0 aliphatic rings. The lowest BCUT2D eigenvalue weighted by Gasteiger charge is -2.14. The lowest BCUT2D eigenvalue weighted by Crippen LogP contribution is -2.45. The number of hydrogen-bond acceptors (Lipinski definition) is 6. The van der Waals surface area contributed by atoms with E-state index in [1.807, 2.05) is 0 Å². The fraction of sp³-hybridized carbons (Fsp3) is 0.667. The minimum atomic E-state index is -3.90. The van der Waals surface area contributed by atoms with Crippen molar-refractivity contribution < 1.29 is 27.6 Å². The van der Waals surface area contributed by atoms with Crippen LogP contribution in [0.1, 0.15) is 50.5 Å². The quantitative estimate of drug-likeness (QED) is 0.492. The molecular formula is C15H25N3O6S. The van der Waals surface area contributed by atoms with Gasteiger partial charge in [0.15, 0.2) is 5.76 Å². The topological polar surface area (TPSA) is 139 Å². The zero-order valence-corrected chi connectivity index (χ0v) is 15.5. The van der Waals surface area contributed by atoms with Gasteiger partial charge in [0.2, 0.25) is 15.9 Å². The molecule has 1 aromatic rings. The van der Waals surface area contributed by atoms with E-state index in [-0.39, 0.29) is 22.8 Å². The molecule has 1 aromatic heterocycles. The molecule has 1 unspecified atom stereocenters. The molecule has 142 valence electrons. The third-order valence-corrected chi connectivity index (χ3v) is 5.36. The van der Waals surface area contributed by atoms with Crippen LogP contribution in [-0.4, -0.2) is 43.1 Å². The van der Waals surface area contributed by atoms with Crippen LogP contribution in [0.25, 0.3) is 0 Å². The molecule has 0 bridgehead atoms. The van der Waals surface area contributed by atoms with Gasteiger partial charge in [0.25, 0.3) is 0 Å². The van der Waals surface area contributed by atoms with E-state index in [0.29, 0.717) is 19.4 Å². The number of carbonyl (C=O) groups excluding carboxylic acids is 1. The second-order valence-corrected chi connectivity index (χ2v) is 7.50. The van der Waals surface area contributed by atoms with Crippen molar-refractivity contribution in [3.63, 3.8) is 0 Å². The minimum absolute atomic E-state index is 0.0504. The van der Waals surface area contributed by atoms with Crippen molar-refractivity contribution in [3.8, 4) is 0 Å². The second kappa shape index (κ2) is 9.52. The van der Waals surface area contributed by atoms with E-state index in [1.54, 1.807) is 0 Å². The molecule has 0 saturated carbocycles. The summed E-state index contributed by atoms with van der Waals surface area (Å²) in [4.78, 5) is 22.3. The van der Waals surface area contributed by atoms with Crippen molar-refractivity contribution in [2.75, 3.05) is 6.54 Å². The van der Waals surface area contributed by atoms with Crippen molar-refractivity contribution in [3.05, 3.63) is 11.5 Å². The highest BCUT2D eigenvalue weighted by Crippen LogP contribution is 2.18. The van der Waals surface area contributed by atoms with Gasteiger partial charge in [0, 0.05) is 13.0 Å². The van der Waals surface area contributed by atoms with Crippen LogP contribution < -0.4 is 10.0 Å². The number of sulfonamides is 1. The van der Waals surface area contributed by atoms with Gasteiger partial charge in [-0.3, -0.25) is 9.59 Å². The standard InChI is InChI=1S/C15H25N3O6S/c1-10-14(12(3)24-17-10)25(22,23)18-11(2)15(21)16-9-7-5-4-6-8-13(19)20/h11,18H,4-9H2,1-3H3,(H,16,21)(H,19,20). The summed E-state index contributed by atoms with van der Waals surface area (Å²) in [7, 11) is -3.90. The molecule has 0 fully saturated rings. The van der Waals surface area contributed by atoms with E-state index < -0.39 is 27.9 Å². The third-order valence-electron chi connectivity index (χ3n) is 3.58. The van der Waals surface area contributed by atoms with Gasteiger partial charge < -0.3 is 14.9 Å². The number of aryl methyl sites for hydroxylation is 2. The number of aromatic nitrogens is 1. The molecule has 9 nitrogen and oxygen atoms in total. The van der Waals surface area contributed by atoms with Crippen molar-refractivity contribution in [1.29, 1.82) is 0 Å². The van der Waals surface area contributed by atoms with E-state index in [1.165, 1.54) is 20.8 Å². The van der Waals surface area contributed by atoms with Gasteiger partial charge in [-0.05, 0) is 33.6 Å². The van der Waals surface area contributed by atoms with E-state index in [2.05, 4.69) is 15.2 Å². The predicted molar refractivity (Wildman–Crippen MR) is 89.5 cm³/mol. The molecule has 1 amide bonds. The molecule has 10 heteroatoms. The Morgan fingerprint density at radius 2 is 1.84 bits per heavy atom. The molecule has 1 atom stereocenters. The summed E-state index contributed by atoms with van der Waals surface area (Å²) in [5.74, 6) is -1.08. The lowest BCUT2D eigenvalue weighted by molar-refractivity contribution is -0.137. The van der Waals surface area contributed by atoms with Crippen LogP contribution in [0.4, 0.5) is 0 Å². The summed E-state index contributed by atoms with van der Waals surface area (Å²) in [6.07, 6.45) is 3.03. The highest BCUT2D eigenvalue weighted by molar-refractivity contribution is 7.89. The molecular weight excluding hydrogens is 350 g/mol. The Hall–Kier alpha value is -1.94. The number of hydrogen-bond donors (Lipinski definition) is 3. The minimum Gasteiger partial charge on any atom is -0.481 e. The van der Waals surface area contributed by atoms with E-state index in [0.717, 1.165) is 12.8 Å². The summed E-state index contributed by atoms with van der Waals surface area (Å²) >= 11 is 0. The Labute approximate surface area is 147 Å². The van der Waals surface area contributed by atoms with Crippen molar-refractivity contribution >= 4 is 21.9 Å². The van der Waals surface area contributed by atoms with Crippen LogP contribution in [0, 0.1) is 13.8 Å². The van der Waals surface area contributed by atoms with Gasteiger partial charge in [0.1, 0.15) is 10.6 Å². The number of nitrogens with one attached hydrogen (secondary N) is 2. The molecule has 0 aliphatic carbocycles. The number of unbranched alkanes of at least 4 members (excludes halogenated alkanes) is 3. The van der Waals surface area contributed by atoms with E-state index in [9.17, 15) is 18.0 Å². The van der Waals surface area contributed by atoms with Crippen LogP contribution in [0.3, 0.4) is 0 Å². The van der Waals surface area contributed by atoms with Crippen molar-refractivity contribution in [2.45, 2.75) is 63.8 Å². The van der Waals surface area contributed by atoms with Crippen molar-refractivity contribution in [1.82, 2.24) is 15.2 Å². The van der Waals surface area contributed by atoms with Crippen LogP contribution >= 0.6 is 0 Å². The van der Waals surface area contributed by atoms with Gasteiger partial charge in [0.05, 0.1) is 6.04 Å². The Morgan fingerprint density at radius 1 is 1.20 bits per heavy atom. The van der Waals surface area contributed by atoms with Gasteiger partial charge in [-0.1, -0.05) is 18.0 Å². The van der Waals surface area contributed by atoms with Crippen LogP contribution in [0.15, 0.2) is 9.42 Å². The fourth-order valence-corrected chi connectivity index (χ4v) is 3.86. The van der Waals surface area contributed by atoms with E-state index in [4.69, 9.17) is 9.63 Å². The number of carboxylic acids is 1. The highest BCUT2D eigenvalue weighted by atomic mass is 32.2. The molecule has 0 saturated heterocycles. The third kappa shape index (κ3) is 6.83. The molecule has 0 spiro atoms. The number of nitrogens with zero attached hydrogens (tertiary/aromatic N) is 1. The Balaban J connectivity index is 2.38. The molecule has 0 aliphatic heterocycles. The summed E-state index contributed by atoms with van der Waals surface area (Å²) in [5, 5.41) is 14.8. The monoisotopic (exact) mass is 375 g/mol. The summed E-state index contributed by atoms with van der Waals surface area (Å²) in [5.41, 5.74) is 0.235. The molecule has 0 aromatic carbocycles. The zero-order valence-electron chi connectivity index (χ0n) is 14.7. The van der Waals surface area contributed by atoms with Crippen LogP contribution in [0.2, 0.25) is 0 Å². The average Bonchev–Trinajstić information content (AvgIpc) is 2.84. The highest BCUT2D eigenvalue weighted by Gasteiger charge is 2.27. The number of carbonyl (C=O) groups is 2. The van der Waals surface area contributed by atoms with Crippen LogP contribution in [-0.2, 0) is 19.6 Å². The Bertz CT molecular complexity index is 679. The molecule has 3 N–H and O–H groups in total. The zero-order chi connectivity index (χ0) is 19.0. The van der Waals surface area contributed by atoms with Crippen LogP contribution in [0.5, 0.6) is 0 Å². The maximum absolute atomic E-state index is 12.3. The maximum Gasteiger partial charge on any atom is 0.303 e. The van der Waals surface area contributed by atoms with Gasteiger partial charge >= 0.3 is 5.97 Å². The largest absolute Gasteiger partial charge is 0.481 e. The van der Waals surface area contributed by atoms with Gasteiger partial charge in [-0.25, -0.2) is 8.42 Å². The Kier molecular flexibility index (Phi) is 8.04. The first kappa shape index (κ1) is 21.1. The molecule has 25 heavy (non-hydrogen) atoms. The molecule has 1 heterocycles. The van der Waals surface area contributed by atoms with E-state index >= 15 is 0 Å². The summed E-state index contributed by atoms with van der Waals surface area (Å²) in [6, 6.07) is -0.939. The molecule has 1 rings (SSSR count). The number of carboxylic acid groups (broad SMARTS) is 1. The second-order valence-electron chi connectivity index (χ2n) is 5.85. The molecule has 0 radical (unpaired) electrons. The number of rotatable bonds is 11. The first-order valence-electron chi connectivity index (χ1n) is 8.10. The smallest absolute Gasteiger partial charge is 0.303 e. The summed E-state index contributed by atoms with van der Waals surface area (Å²) < 4.78 is 31.8. The summed E-state index contributed by atoms with van der Waals surface area (Å²) in [6.45, 7) is 4.87. The van der Waals surface area contributed by atoms with Gasteiger partial charge in [-0.2, -0.15) is 4.72 Å². The maximum atomic E-state index is 12.3. The number of aliphatic carboxylic acids is 1. The lowest BCUT2D eigenvalue weighted by atomic mass is 10.1.